The molecular weight excluding hydrogens is 548 g/mol. The van der Waals surface area contributed by atoms with Gasteiger partial charge < -0.3 is 24.1 Å². The maximum absolute atomic E-state index is 13.3. The Bertz CT molecular complexity index is 1260. The summed E-state index contributed by atoms with van der Waals surface area (Å²) < 4.78 is 21.6. The Balaban J connectivity index is 1.72. The lowest BCUT2D eigenvalue weighted by atomic mass is 9.80. The highest BCUT2D eigenvalue weighted by Crippen LogP contribution is 2.37. The second-order valence-corrected chi connectivity index (χ2v) is 11.1. The third-order valence-electron chi connectivity index (χ3n) is 7.74. The first-order chi connectivity index (χ1) is 20.7. The number of carbonyl (C=O) groups excluding carboxylic acids is 3. The number of aliphatic hydroxyl groups excluding tert-OH is 1. The van der Waals surface area contributed by atoms with Gasteiger partial charge >= 0.3 is 17.9 Å². The molecule has 0 saturated heterocycles. The van der Waals surface area contributed by atoms with Crippen LogP contribution in [-0.2, 0) is 19.1 Å². The van der Waals surface area contributed by atoms with Gasteiger partial charge in [-0.3, -0.25) is 4.79 Å². The first-order valence-electron chi connectivity index (χ1n) is 15.1. The predicted molar refractivity (Wildman–Crippen MR) is 165 cm³/mol. The topological polar surface area (TPSA) is 108 Å². The van der Waals surface area contributed by atoms with E-state index in [9.17, 15) is 14.4 Å². The summed E-state index contributed by atoms with van der Waals surface area (Å²) in [6.45, 7) is 8.90. The van der Waals surface area contributed by atoms with Gasteiger partial charge in [-0.25, -0.2) is 9.59 Å². The maximum atomic E-state index is 13.3. The van der Waals surface area contributed by atoms with Crippen LogP contribution in [0.5, 0.6) is 17.2 Å². The number of rotatable bonds is 16. The SMILES string of the molecule is C=C(CO)C(=O)Oc1ccc(-c2ccc(OC(=O)C(=C)COC)c(OC(=O)C3CCC(CCCCCCC)CC3)c2)cc1. The molecule has 0 aromatic heterocycles. The van der Waals surface area contributed by atoms with Crippen molar-refractivity contribution < 1.29 is 38.4 Å². The van der Waals surface area contributed by atoms with E-state index in [1.807, 2.05) is 0 Å². The summed E-state index contributed by atoms with van der Waals surface area (Å²) in [5, 5.41) is 9.07. The zero-order valence-electron chi connectivity index (χ0n) is 25.4. The summed E-state index contributed by atoms with van der Waals surface area (Å²) in [7, 11) is 1.46. The standard InChI is InChI=1S/C35H44O8/c1-5-6-7-8-9-10-26-11-13-28(14-12-26)35(39)43-32-21-29(17-20-31(32)42-34(38)25(3)23-40-4)27-15-18-30(19-16-27)41-33(37)24(2)22-36/h15-21,26,28,36H,2-3,5-14,22-23H2,1,4H3. The third kappa shape index (κ3) is 10.5. The highest BCUT2D eigenvalue weighted by atomic mass is 16.6. The second kappa shape index (κ2) is 17.4. The van der Waals surface area contributed by atoms with Crippen LogP contribution in [0.25, 0.3) is 11.1 Å². The molecule has 1 saturated carbocycles. The molecule has 0 bridgehead atoms. The summed E-state index contributed by atoms with van der Waals surface area (Å²) in [5.74, 6) is -0.765. The van der Waals surface area contributed by atoms with Crippen molar-refractivity contribution in [3.8, 4) is 28.4 Å². The van der Waals surface area contributed by atoms with Gasteiger partial charge in [0.05, 0.1) is 30.3 Å². The number of hydrogen-bond acceptors (Lipinski definition) is 8. The van der Waals surface area contributed by atoms with E-state index in [4.69, 9.17) is 24.1 Å². The quantitative estimate of drug-likeness (QED) is 0.0962. The van der Waals surface area contributed by atoms with Gasteiger partial charge in [-0.05, 0) is 67.0 Å². The maximum Gasteiger partial charge on any atom is 0.341 e. The van der Waals surface area contributed by atoms with Crippen LogP contribution in [0.3, 0.4) is 0 Å². The minimum atomic E-state index is -0.716. The van der Waals surface area contributed by atoms with E-state index < -0.39 is 18.5 Å². The highest BCUT2D eigenvalue weighted by molar-refractivity contribution is 5.91. The van der Waals surface area contributed by atoms with Crippen molar-refractivity contribution in [1.82, 2.24) is 0 Å². The number of unbranched alkanes of at least 4 members (excludes halogenated alkanes) is 4. The van der Waals surface area contributed by atoms with Crippen molar-refractivity contribution in [3.05, 3.63) is 66.8 Å². The Morgan fingerprint density at radius 1 is 0.791 bits per heavy atom. The fourth-order valence-electron chi connectivity index (χ4n) is 5.13. The summed E-state index contributed by atoms with van der Waals surface area (Å²) in [5.41, 5.74) is 1.53. The van der Waals surface area contributed by atoms with Crippen LogP contribution < -0.4 is 14.2 Å². The molecule has 0 aliphatic heterocycles. The Morgan fingerprint density at radius 2 is 1.44 bits per heavy atom. The summed E-state index contributed by atoms with van der Waals surface area (Å²) in [4.78, 5) is 37.8. The third-order valence-corrected chi connectivity index (χ3v) is 7.74. The van der Waals surface area contributed by atoms with Gasteiger partial charge in [0.25, 0.3) is 0 Å². The lowest BCUT2D eigenvalue weighted by molar-refractivity contribution is -0.141. The number of benzene rings is 2. The van der Waals surface area contributed by atoms with Crippen molar-refractivity contribution in [2.75, 3.05) is 20.3 Å². The largest absolute Gasteiger partial charge is 0.423 e. The van der Waals surface area contributed by atoms with E-state index in [0.717, 1.165) is 31.2 Å². The van der Waals surface area contributed by atoms with Crippen molar-refractivity contribution in [1.29, 1.82) is 0 Å². The fraction of sp³-hybridized carbons (Fsp3) is 0.457. The van der Waals surface area contributed by atoms with Crippen LogP contribution in [0, 0.1) is 11.8 Å². The van der Waals surface area contributed by atoms with Crippen LogP contribution in [0.2, 0.25) is 0 Å². The monoisotopic (exact) mass is 592 g/mol. The second-order valence-electron chi connectivity index (χ2n) is 11.1. The summed E-state index contributed by atoms with van der Waals surface area (Å²) in [6.07, 6.45) is 11.1. The lowest BCUT2D eigenvalue weighted by Gasteiger charge is -2.27. The van der Waals surface area contributed by atoms with E-state index in [2.05, 4.69) is 20.1 Å². The van der Waals surface area contributed by atoms with E-state index in [1.54, 1.807) is 42.5 Å². The molecule has 1 aliphatic carbocycles. The van der Waals surface area contributed by atoms with Gasteiger partial charge in [0.2, 0.25) is 0 Å². The molecule has 0 atom stereocenters. The molecule has 2 aromatic rings. The highest BCUT2D eigenvalue weighted by Gasteiger charge is 2.28. The van der Waals surface area contributed by atoms with Gasteiger partial charge in [0.15, 0.2) is 11.5 Å². The lowest BCUT2D eigenvalue weighted by Crippen LogP contribution is -2.26. The number of methoxy groups -OCH3 is 1. The number of hydrogen-bond donors (Lipinski definition) is 1. The molecule has 232 valence electrons. The van der Waals surface area contributed by atoms with Gasteiger partial charge in [0, 0.05) is 7.11 Å². The van der Waals surface area contributed by atoms with Crippen molar-refractivity contribution in [2.45, 2.75) is 71.1 Å². The van der Waals surface area contributed by atoms with Crippen LogP contribution >= 0.6 is 0 Å². The number of aliphatic hydroxyl groups is 1. The van der Waals surface area contributed by atoms with E-state index >= 15 is 0 Å². The van der Waals surface area contributed by atoms with Crippen molar-refractivity contribution in [2.24, 2.45) is 11.8 Å². The zero-order valence-corrected chi connectivity index (χ0v) is 25.4. The molecule has 0 amide bonds. The molecule has 0 spiro atoms. The molecule has 0 heterocycles. The van der Waals surface area contributed by atoms with E-state index in [0.29, 0.717) is 11.5 Å². The molecular formula is C35H44O8. The van der Waals surface area contributed by atoms with Crippen molar-refractivity contribution >= 4 is 17.9 Å². The average molecular weight is 593 g/mol. The molecule has 0 unspecified atom stereocenters. The Labute approximate surface area is 254 Å². The zero-order chi connectivity index (χ0) is 31.2. The first-order valence-corrected chi connectivity index (χ1v) is 15.1. The predicted octanol–water partition coefficient (Wildman–Crippen LogP) is 6.99. The molecule has 1 N–H and O–H groups in total. The molecule has 43 heavy (non-hydrogen) atoms. The number of esters is 3. The molecule has 8 heteroatoms. The van der Waals surface area contributed by atoms with Gasteiger partial charge in [-0.2, -0.15) is 0 Å². The minimum absolute atomic E-state index is 0.0104. The van der Waals surface area contributed by atoms with Crippen LogP contribution in [0.15, 0.2) is 66.8 Å². The summed E-state index contributed by atoms with van der Waals surface area (Å²) >= 11 is 0. The number of carbonyl (C=O) groups is 3. The van der Waals surface area contributed by atoms with E-state index in [-0.39, 0.29) is 46.9 Å². The molecule has 3 rings (SSSR count). The smallest absolute Gasteiger partial charge is 0.341 e. The van der Waals surface area contributed by atoms with Crippen LogP contribution in [0.4, 0.5) is 0 Å². The molecule has 8 nitrogen and oxygen atoms in total. The first kappa shape index (κ1) is 33.7. The molecule has 1 aliphatic rings. The molecule has 1 fully saturated rings. The number of ether oxygens (including phenoxy) is 4. The normalized spacial score (nSPS) is 16.3. The Kier molecular flexibility index (Phi) is 13.6. The van der Waals surface area contributed by atoms with Gasteiger partial charge in [-0.1, -0.05) is 76.8 Å². The minimum Gasteiger partial charge on any atom is -0.423 e. The molecule has 0 radical (unpaired) electrons. The average Bonchev–Trinajstić information content (AvgIpc) is 3.02. The van der Waals surface area contributed by atoms with Crippen molar-refractivity contribution in [3.63, 3.8) is 0 Å². The Morgan fingerprint density at radius 3 is 2.09 bits per heavy atom. The fourth-order valence-corrected chi connectivity index (χ4v) is 5.13. The van der Waals surface area contributed by atoms with Gasteiger partial charge in [0.1, 0.15) is 5.75 Å². The van der Waals surface area contributed by atoms with Crippen LogP contribution in [-0.4, -0.2) is 43.3 Å². The summed E-state index contributed by atoms with van der Waals surface area (Å²) in [6, 6.07) is 11.6. The van der Waals surface area contributed by atoms with Crippen LogP contribution in [0.1, 0.15) is 71.1 Å². The van der Waals surface area contributed by atoms with Gasteiger partial charge in [-0.15, -0.1) is 0 Å². The Hall–Kier alpha value is -3.75. The van der Waals surface area contributed by atoms with E-state index in [1.165, 1.54) is 45.6 Å². The molecule has 2 aromatic carbocycles.